The number of unbranched alkanes of at least 4 members (excludes halogenated alkanes) is 5. The summed E-state index contributed by atoms with van der Waals surface area (Å²) in [5.74, 6) is -0.754. The summed E-state index contributed by atoms with van der Waals surface area (Å²) in [5, 5.41) is 13.4. The van der Waals surface area contributed by atoms with E-state index in [1.54, 1.807) is 6.07 Å². The summed E-state index contributed by atoms with van der Waals surface area (Å²) in [6.07, 6.45) is 6.19. The highest BCUT2D eigenvalue weighted by atomic mass is 16.5. The Bertz CT molecular complexity index is 842. The summed E-state index contributed by atoms with van der Waals surface area (Å²) in [7, 11) is 1.39. The van der Waals surface area contributed by atoms with Gasteiger partial charge in [0.05, 0.1) is 12.7 Å². The molecule has 1 amide bonds. The average Bonchev–Trinajstić information content (AvgIpc) is 2.65. The Morgan fingerprint density at radius 3 is 2.52 bits per heavy atom. The third-order valence-corrected chi connectivity index (χ3v) is 4.30. The van der Waals surface area contributed by atoms with Crippen molar-refractivity contribution in [2.45, 2.75) is 44.9 Å². The number of rotatable bonds is 10. The Morgan fingerprint density at radius 2 is 1.78 bits per heavy atom. The van der Waals surface area contributed by atoms with Crippen LogP contribution in [0.1, 0.15) is 55.3 Å². The molecule has 1 aromatic heterocycles. The van der Waals surface area contributed by atoms with E-state index in [1.165, 1.54) is 25.3 Å². The van der Waals surface area contributed by atoms with E-state index >= 15 is 0 Å². The summed E-state index contributed by atoms with van der Waals surface area (Å²) >= 11 is 0. The molecular weight excluding hydrogens is 350 g/mol. The van der Waals surface area contributed by atoms with Crippen LogP contribution in [0, 0.1) is 0 Å². The van der Waals surface area contributed by atoms with Crippen molar-refractivity contribution in [3.8, 4) is 5.75 Å². The van der Waals surface area contributed by atoms with E-state index in [4.69, 9.17) is 4.42 Å². The molecule has 2 N–H and O–H groups in total. The number of benzene rings is 1. The van der Waals surface area contributed by atoms with Crippen LogP contribution in [-0.2, 0) is 9.53 Å². The molecule has 0 spiro atoms. The van der Waals surface area contributed by atoms with E-state index in [0.717, 1.165) is 38.5 Å². The van der Waals surface area contributed by atoms with Gasteiger partial charge in [-0.1, -0.05) is 25.7 Å². The molecule has 2 aromatic rings. The number of fused-ring (bicyclic) bond motifs is 1. The Balaban J connectivity index is 1.69. The van der Waals surface area contributed by atoms with Crippen LogP contribution >= 0.6 is 0 Å². The number of nitrogens with one attached hydrogen (secondary N) is 1. The number of aromatic hydroxyl groups is 1. The van der Waals surface area contributed by atoms with Crippen molar-refractivity contribution in [3.63, 3.8) is 0 Å². The molecule has 0 atom stereocenters. The zero-order valence-electron chi connectivity index (χ0n) is 15.5. The Labute approximate surface area is 157 Å². The molecular formula is C20H25NO6. The minimum atomic E-state index is -0.510. The number of hydrogen-bond donors (Lipinski definition) is 2. The van der Waals surface area contributed by atoms with Gasteiger partial charge in [-0.05, 0) is 25.0 Å². The molecule has 7 nitrogen and oxygen atoms in total. The number of amides is 1. The topological polar surface area (TPSA) is 106 Å². The molecule has 0 unspecified atom stereocenters. The first kappa shape index (κ1) is 20.5. The SMILES string of the molecule is COC(=O)CCCCCCCCNC(=O)c1cc2ccc(=O)oc2cc1O. The second-order valence-electron chi connectivity index (χ2n) is 6.36. The number of carbonyl (C=O) groups excluding carboxylic acids is 2. The van der Waals surface area contributed by atoms with Crippen molar-refractivity contribution in [3.05, 3.63) is 40.2 Å². The van der Waals surface area contributed by atoms with Gasteiger partial charge in [-0.3, -0.25) is 9.59 Å². The van der Waals surface area contributed by atoms with Gasteiger partial charge >= 0.3 is 11.6 Å². The van der Waals surface area contributed by atoms with Crippen LogP contribution in [0.5, 0.6) is 5.75 Å². The maximum atomic E-state index is 12.2. The summed E-state index contributed by atoms with van der Waals surface area (Å²) in [5.41, 5.74) is -0.118. The lowest BCUT2D eigenvalue weighted by atomic mass is 10.1. The van der Waals surface area contributed by atoms with E-state index in [0.29, 0.717) is 18.4 Å². The van der Waals surface area contributed by atoms with E-state index in [2.05, 4.69) is 10.1 Å². The van der Waals surface area contributed by atoms with Gasteiger partial charge < -0.3 is 19.6 Å². The van der Waals surface area contributed by atoms with Crippen molar-refractivity contribution in [2.75, 3.05) is 13.7 Å². The Hall–Kier alpha value is -2.83. The molecule has 1 heterocycles. The zero-order valence-corrected chi connectivity index (χ0v) is 15.5. The monoisotopic (exact) mass is 375 g/mol. The largest absolute Gasteiger partial charge is 0.507 e. The molecule has 27 heavy (non-hydrogen) atoms. The van der Waals surface area contributed by atoms with Gasteiger partial charge in [0.15, 0.2) is 0 Å². The number of phenolic OH excluding ortho intramolecular Hbond substituents is 1. The van der Waals surface area contributed by atoms with Crippen LogP contribution < -0.4 is 10.9 Å². The van der Waals surface area contributed by atoms with Gasteiger partial charge in [-0.2, -0.15) is 0 Å². The van der Waals surface area contributed by atoms with Crippen molar-refractivity contribution in [2.24, 2.45) is 0 Å². The minimum absolute atomic E-state index is 0.152. The van der Waals surface area contributed by atoms with Gasteiger partial charge in [0.1, 0.15) is 11.3 Å². The maximum absolute atomic E-state index is 12.2. The molecule has 0 aliphatic rings. The smallest absolute Gasteiger partial charge is 0.336 e. The molecule has 0 saturated carbocycles. The Morgan fingerprint density at radius 1 is 1.07 bits per heavy atom. The predicted molar refractivity (Wildman–Crippen MR) is 101 cm³/mol. The first-order chi connectivity index (χ1) is 13.0. The summed E-state index contributed by atoms with van der Waals surface area (Å²) < 4.78 is 9.57. The minimum Gasteiger partial charge on any atom is -0.507 e. The normalized spacial score (nSPS) is 10.7. The molecule has 0 radical (unpaired) electrons. The third kappa shape index (κ3) is 6.44. The molecule has 146 valence electrons. The lowest BCUT2D eigenvalue weighted by molar-refractivity contribution is -0.140. The van der Waals surface area contributed by atoms with Gasteiger partial charge in [-0.25, -0.2) is 4.79 Å². The Kier molecular flexibility index (Phi) is 7.85. The third-order valence-electron chi connectivity index (χ3n) is 4.30. The molecule has 0 bridgehead atoms. The average molecular weight is 375 g/mol. The highest BCUT2D eigenvalue weighted by Gasteiger charge is 2.13. The standard InChI is InChI=1S/C20H25NO6/c1-26-18(23)8-6-4-2-3-5-7-11-21-20(25)15-12-14-9-10-19(24)27-17(14)13-16(15)22/h9-10,12-13,22H,2-8,11H2,1H3,(H,21,25). The van der Waals surface area contributed by atoms with Crippen LogP contribution in [0.4, 0.5) is 0 Å². The molecule has 7 heteroatoms. The van der Waals surface area contributed by atoms with Gasteiger partial charge in [0.2, 0.25) is 0 Å². The van der Waals surface area contributed by atoms with Crippen molar-refractivity contribution < 1.29 is 23.8 Å². The fourth-order valence-electron chi connectivity index (χ4n) is 2.79. The predicted octanol–water partition coefficient (Wildman–Crippen LogP) is 3.13. The fraction of sp³-hybridized carbons (Fsp3) is 0.450. The number of carbonyl (C=O) groups is 2. The number of hydrogen-bond acceptors (Lipinski definition) is 6. The quantitative estimate of drug-likeness (QED) is 0.375. The van der Waals surface area contributed by atoms with Crippen LogP contribution in [0.25, 0.3) is 11.0 Å². The fourth-order valence-corrected chi connectivity index (χ4v) is 2.79. The van der Waals surface area contributed by atoms with E-state index in [1.807, 2.05) is 0 Å². The lowest BCUT2D eigenvalue weighted by Gasteiger charge is -2.08. The summed E-state index contributed by atoms with van der Waals surface area (Å²) in [4.78, 5) is 34.4. The van der Waals surface area contributed by atoms with E-state index in [9.17, 15) is 19.5 Å². The second-order valence-corrected chi connectivity index (χ2v) is 6.36. The van der Waals surface area contributed by atoms with Crippen molar-refractivity contribution in [1.29, 1.82) is 0 Å². The molecule has 2 rings (SSSR count). The van der Waals surface area contributed by atoms with Crippen molar-refractivity contribution >= 4 is 22.8 Å². The van der Waals surface area contributed by atoms with Gasteiger partial charge in [0, 0.05) is 30.5 Å². The first-order valence-corrected chi connectivity index (χ1v) is 9.13. The van der Waals surface area contributed by atoms with E-state index in [-0.39, 0.29) is 28.8 Å². The molecule has 0 aliphatic heterocycles. The molecule has 0 saturated heterocycles. The lowest BCUT2D eigenvalue weighted by Crippen LogP contribution is -2.24. The molecule has 1 aromatic carbocycles. The summed E-state index contributed by atoms with van der Waals surface area (Å²) in [6, 6.07) is 5.61. The zero-order chi connectivity index (χ0) is 19.6. The van der Waals surface area contributed by atoms with Crippen LogP contribution in [0.3, 0.4) is 0 Å². The number of phenols is 1. The maximum Gasteiger partial charge on any atom is 0.336 e. The summed E-state index contributed by atoms with van der Waals surface area (Å²) in [6.45, 7) is 0.516. The molecule has 0 aliphatic carbocycles. The number of methoxy groups -OCH3 is 1. The number of ether oxygens (including phenoxy) is 1. The van der Waals surface area contributed by atoms with Crippen LogP contribution in [-0.4, -0.2) is 30.6 Å². The number of esters is 1. The highest BCUT2D eigenvalue weighted by Crippen LogP contribution is 2.24. The highest BCUT2D eigenvalue weighted by molar-refractivity contribution is 6.00. The van der Waals surface area contributed by atoms with E-state index < -0.39 is 5.63 Å². The van der Waals surface area contributed by atoms with Crippen LogP contribution in [0.15, 0.2) is 33.5 Å². The molecule has 0 fully saturated rings. The second kappa shape index (κ2) is 10.4. The van der Waals surface area contributed by atoms with Gasteiger partial charge in [-0.15, -0.1) is 0 Å². The first-order valence-electron chi connectivity index (χ1n) is 9.13. The van der Waals surface area contributed by atoms with Crippen LogP contribution in [0.2, 0.25) is 0 Å². The van der Waals surface area contributed by atoms with Crippen molar-refractivity contribution in [1.82, 2.24) is 5.32 Å². The van der Waals surface area contributed by atoms with Gasteiger partial charge in [0.25, 0.3) is 5.91 Å².